The average Bonchev–Trinajstić information content (AvgIpc) is 3.53. The minimum atomic E-state index is -4.27. The molecule has 8 nitrogen and oxygen atoms in total. The van der Waals surface area contributed by atoms with Crippen LogP contribution in [-0.2, 0) is 31.1 Å². The monoisotopic (exact) mass is 828 g/mol. The van der Waals surface area contributed by atoms with Gasteiger partial charge in [-0.05, 0) is 109 Å². The molecule has 0 spiro atoms. The molecule has 1 N–H and O–H groups in total. The molecule has 2 aliphatic heterocycles. The summed E-state index contributed by atoms with van der Waals surface area (Å²) in [5, 5.41) is 3.22. The Morgan fingerprint density at radius 2 is 1.75 bits per heavy atom. The zero-order valence-corrected chi connectivity index (χ0v) is 35.6. The highest BCUT2D eigenvalue weighted by Crippen LogP contribution is 2.52. The summed E-state index contributed by atoms with van der Waals surface area (Å²) in [6, 6.07) is 21.6. The maximum Gasteiger partial charge on any atom is 0.301 e. The Hall–Kier alpha value is -3.64. The van der Waals surface area contributed by atoms with Crippen LogP contribution in [0.2, 0.25) is 0 Å². The third-order valence-corrected chi connectivity index (χ3v) is 14.0. The molecule has 57 heavy (non-hydrogen) atoms. The minimum absolute atomic E-state index is 0.112. The molecule has 302 valence electrons. The van der Waals surface area contributed by atoms with Gasteiger partial charge in [-0.3, -0.25) is 8.74 Å². The lowest BCUT2D eigenvalue weighted by Gasteiger charge is -2.30. The van der Waals surface area contributed by atoms with E-state index in [9.17, 15) is 17.2 Å². The summed E-state index contributed by atoms with van der Waals surface area (Å²) in [4.78, 5) is 2.39. The minimum Gasteiger partial charge on any atom is -0.748 e. The first-order valence-electron chi connectivity index (χ1n) is 20.1. The van der Waals surface area contributed by atoms with Gasteiger partial charge in [0.2, 0.25) is 0 Å². The number of unbranched alkanes of at least 4 members (excludes halogenated alkanes) is 2. The van der Waals surface area contributed by atoms with Gasteiger partial charge in [0.25, 0.3) is 0 Å². The molecule has 7 rings (SSSR count). The second-order valence-corrected chi connectivity index (χ2v) is 19.3. The van der Waals surface area contributed by atoms with Crippen LogP contribution in [0.25, 0.3) is 16.8 Å². The van der Waals surface area contributed by atoms with Crippen LogP contribution in [0.5, 0.6) is 0 Å². The van der Waals surface area contributed by atoms with E-state index in [4.69, 9.17) is 20.3 Å². The van der Waals surface area contributed by atoms with E-state index in [2.05, 4.69) is 134 Å². The van der Waals surface area contributed by atoms with Crippen molar-refractivity contribution in [2.45, 2.75) is 90.0 Å². The molecule has 2 heterocycles. The van der Waals surface area contributed by atoms with E-state index in [0.717, 1.165) is 48.4 Å². The summed E-state index contributed by atoms with van der Waals surface area (Å²) in [6.07, 6.45) is 18.4. The molecular weight excluding hydrogens is 776 g/mol. The second-order valence-electron chi connectivity index (χ2n) is 16.7. The van der Waals surface area contributed by atoms with E-state index in [0.29, 0.717) is 25.8 Å². The summed E-state index contributed by atoms with van der Waals surface area (Å²) in [6.45, 7) is 10.8. The van der Waals surface area contributed by atoms with Gasteiger partial charge >= 0.3 is 11.4 Å². The van der Waals surface area contributed by atoms with E-state index in [-0.39, 0.29) is 35.1 Å². The number of fused-ring (bicyclic) bond motifs is 6. The largest absolute Gasteiger partial charge is 0.748 e. The van der Waals surface area contributed by atoms with Crippen molar-refractivity contribution in [3.8, 4) is 0 Å². The van der Waals surface area contributed by atoms with Crippen LogP contribution in [0.3, 0.4) is 0 Å². The smallest absolute Gasteiger partial charge is 0.301 e. The van der Waals surface area contributed by atoms with Gasteiger partial charge < -0.3 is 9.45 Å². The molecule has 0 radical (unpaired) electrons. The summed E-state index contributed by atoms with van der Waals surface area (Å²) in [5.74, 6) is -0.138. The lowest BCUT2D eigenvalue weighted by Crippen LogP contribution is -2.31. The molecule has 4 aliphatic rings. The zero-order valence-electron chi connectivity index (χ0n) is 33.2. The molecule has 0 fully saturated rings. The molecule has 3 aromatic carbocycles. The number of allylic oxidation sites excluding steroid dienone is 8. The van der Waals surface area contributed by atoms with Gasteiger partial charge in [0.1, 0.15) is 6.54 Å². The fourth-order valence-electron chi connectivity index (χ4n) is 9.72. The molecule has 3 atom stereocenters. The van der Waals surface area contributed by atoms with E-state index < -0.39 is 21.5 Å². The standard InChI is InChI=1S/C46H53ClN2O6S2/c1-45(2)40(48(28-9-11-30-55-56(50)51)38-24-20-32-14-5-7-18-36(32)42(38)45)26-22-34-16-13-17-35(44(34)47)23-27-41-46(3,4)43-37-19-8-6-15-33(37)21-25-39(43)49(41)29-10-12-31-57(52,53)54/h5-8,14-15,18-27,39,43H,9-13,16-17,28-31H2,1-4H3,(H-,50,51,52,53,54). The third-order valence-electron chi connectivity index (χ3n) is 12.4. The van der Waals surface area contributed by atoms with Gasteiger partial charge in [-0.2, -0.15) is 4.21 Å². The topological polar surface area (TPSA) is 110 Å². The molecule has 0 saturated carbocycles. The van der Waals surface area contributed by atoms with Crippen molar-refractivity contribution >= 4 is 61.3 Å². The Morgan fingerprint density at radius 1 is 0.982 bits per heavy atom. The highest BCUT2D eigenvalue weighted by Gasteiger charge is 2.55. The molecule has 3 aromatic rings. The summed E-state index contributed by atoms with van der Waals surface area (Å²) >= 11 is 5.05. The van der Waals surface area contributed by atoms with E-state index >= 15 is 0 Å². The van der Waals surface area contributed by atoms with E-state index in [1.165, 1.54) is 44.6 Å². The van der Waals surface area contributed by atoms with Gasteiger partial charge in [-0.25, -0.2) is 13.0 Å². The van der Waals surface area contributed by atoms with Crippen LogP contribution < -0.4 is 4.90 Å². The van der Waals surface area contributed by atoms with Crippen LogP contribution in [-0.4, -0.2) is 63.5 Å². The molecule has 0 aromatic heterocycles. The van der Waals surface area contributed by atoms with Crippen molar-refractivity contribution in [3.63, 3.8) is 0 Å². The van der Waals surface area contributed by atoms with Crippen LogP contribution in [0.15, 0.2) is 113 Å². The highest BCUT2D eigenvalue weighted by molar-refractivity contribution is 7.85. The number of halogens is 1. The van der Waals surface area contributed by atoms with Crippen molar-refractivity contribution in [1.29, 1.82) is 0 Å². The number of hydrogen-bond donors (Lipinski definition) is 1. The zero-order chi connectivity index (χ0) is 40.5. The highest BCUT2D eigenvalue weighted by atomic mass is 35.5. The maximum absolute atomic E-state index is 11.4. The first kappa shape index (κ1) is 41.5. The number of rotatable bonds is 14. The molecule has 3 unspecified atom stereocenters. The number of benzene rings is 3. The maximum atomic E-state index is 11.4. The predicted octanol–water partition coefficient (Wildman–Crippen LogP) is 9.91. The Bertz CT molecular complexity index is 2370. The van der Waals surface area contributed by atoms with Crippen molar-refractivity contribution in [3.05, 3.63) is 130 Å². The first-order chi connectivity index (χ1) is 27.2. The third kappa shape index (κ3) is 8.59. The molecular formula is C46H53ClN2O6S2. The molecule has 2 aliphatic carbocycles. The first-order valence-corrected chi connectivity index (χ1v) is 23.0. The Balaban J connectivity index is 1.21. The van der Waals surface area contributed by atoms with Crippen LogP contribution in [0.1, 0.15) is 95.2 Å². The fourth-order valence-corrected chi connectivity index (χ4v) is 10.9. The average molecular weight is 830 g/mol. The van der Waals surface area contributed by atoms with Crippen molar-refractivity contribution in [2.75, 3.05) is 30.3 Å². The Kier molecular flexibility index (Phi) is 12.3. The SMILES string of the molecule is CC1(C)/C(=C\C=C2/CCCC(C=CC3=[N+](CCCCS(=O)(=O)[O-])C4C=Cc5ccccc5C4C3(C)C)=C2Cl)N(CCCCOS(=O)O)c2ccc3ccccc3c21. The molecule has 0 amide bonds. The van der Waals surface area contributed by atoms with Gasteiger partial charge in [0, 0.05) is 46.6 Å². The molecule has 11 heteroatoms. The normalized spacial score (nSPS) is 23.2. The predicted molar refractivity (Wildman–Crippen MR) is 232 cm³/mol. The Morgan fingerprint density at radius 3 is 2.54 bits per heavy atom. The van der Waals surface area contributed by atoms with E-state index in [1.54, 1.807) is 0 Å². The van der Waals surface area contributed by atoms with Gasteiger partial charge in [-0.1, -0.05) is 98.3 Å². The molecule has 0 saturated heterocycles. The van der Waals surface area contributed by atoms with Gasteiger partial charge in [0.15, 0.2) is 11.8 Å². The summed E-state index contributed by atoms with van der Waals surface area (Å²) < 4.78 is 61.7. The van der Waals surface area contributed by atoms with Crippen LogP contribution >= 0.6 is 11.6 Å². The van der Waals surface area contributed by atoms with Gasteiger partial charge in [0.05, 0.1) is 28.1 Å². The lowest BCUT2D eigenvalue weighted by molar-refractivity contribution is -0.548. The summed E-state index contributed by atoms with van der Waals surface area (Å²) in [7, 11) is -4.27. The van der Waals surface area contributed by atoms with Crippen molar-refractivity contribution in [1.82, 2.24) is 0 Å². The van der Waals surface area contributed by atoms with Crippen LogP contribution in [0, 0.1) is 5.41 Å². The number of nitrogens with zero attached hydrogens (tertiary/aromatic N) is 2. The number of hydrogen-bond acceptors (Lipinski definition) is 6. The Labute approximate surface area is 345 Å². The fraction of sp³-hybridized carbons (Fsp3) is 0.413. The number of anilines is 1. The van der Waals surface area contributed by atoms with Crippen molar-refractivity contribution in [2.24, 2.45) is 5.41 Å². The molecule has 0 bridgehead atoms. The van der Waals surface area contributed by atoms with Crippen molar-refractivity contribution < 1.29 is 30.5 Å². The van der Waals surface area contributed by atoms with Gasteiger partial charge in [-0.15, -0.1) is 0 Å². The van der Waals surface area contributed by atoms with E-state index in [1.807, 2.05) is 0 Å². The lowest BCUT2D eigenvalue weighted by atomic mass is 9.68. The second kappa shape index (κ2) is 16.9. The summed E-state index contributed by atoms with van der Waals surface area (Å²) in [5.41, 5.74) is 9.05. The van der Waals surface area contributed by atoms with Crippen LogP contribution in [0.4, 0.5) is 5.69 Å². The quantitative estimate of drug-likeness (QED) is 0.0746.